The molecule has 7 aromatic heterocycles. The van der Waals surface area contributed by atoms with Crippen LogP contribution in [-0.2, 0) is 91.1 Å². The number of carbonyl (C=O) groups excluding carboxylic acids is 6. The monoisotopic (exact) mass is 1950 g/mol. The number of rotatable bonds is 19. The molecule has 0 aliphatic carbocycles. The van der Waals surface area contributed by atoms with Gasteiger partial charge >= 0.3 is 29.8 Å². The number of methoxy groups -OCH3 is 4. The first-order valence-electron chi connectivity index (χ1n) is 39.1. The van der Waals surface area contributed by atoms with Crippen LogP contribution in [0.2, 0.25) is 36.1 Å². The molecule has 2 saturated heterocycles. The van der Waals surface area contributed by atoms with Crippen LogP contribution in [0.4, 0.5) is 0 Å². The van der Waals surface area contributed by atoms with Crippen molar-refractivity contribution in [3.8, 4) is 0 Å². The molecule has 684 valence electrons. The van der Waals surface area contributed by atoms with Crippen LogP contribution in [0, 0.1) is 27.2 Å². The van der Waals surface area contributed by atoms with Gasteiger partial charge in [-0.05, 0) is 167 Å². The van der Waals surface area contributed by atoms with E-state index in [-0.39, 0.29) is 65.3 Å². The van der Waals surface area contributed by atoms with Crippen LogP contribution >= 0.6 is 97.1 Å². The summed E-state index contributed by atoms with van der Waals surface area (Å²) in [5.41, 5.74) is 2.51. The minimum Gasteiger partial charge on any atom is -0.481 e. The number of carbonyl (C=O) groups is 7. The zero-order chi connectivity index (χ0) is 95.4. The van der Waals surface area contributed by atoms with Gasteiger partial charge in [-0.1, -0.05) is 176 Å². The Kier molecular flexibility index (Phi) is 44.1. The Balaban J connectivity index is 0.000000305. The van der Waals surface area contributed by atoms with E-state index in [9.17, 15) is 53.8 Å². The van der Waals surface area contributed by atoms with Crippen molar-refractivity contribution < 1.29 is 76.9 Å². The molecule has 29 nitrogen and oxygen atoms in total. The lowest BCUT2D eigenvalue weighted by atomic mass is 9.74. The van der Waals surface area contributed by atoms with Gasteiger partial charge in [-0.2, -0.15) is 0 Å². The highest BCUT2D eigenvalue weighted by molar-refractivity contribution is 9.11. The molecule has 4 unspecified atom stereocenters. The number of aromatic nitrogens is 7. The SMILES string of the molecule is BrC1=CCOCC1.C=C(C(=O)OC)c1ccc(Cl)nc1.CC1(C)CC(C)(c2ccc(Cl)nc2)C(=O)N1.CC1(c2ccc(Cl)nc2)CC(C)(C)N(C2=CCOCC2)C1=O.COC(=O)C(C)(CC(C)(C)[N+](=O)[O-])c1ccc(Cl)nc1.COC(=O)C(CC(C)(C)[N+](=O)[O-])c1ccc(Cl)nc1.COC(=O)Cc1ccc(Cl)nc1.Cc1ccccc1.O=C(O)Cc1ccc(Cl)nc1. The summed E-state index contributed by atoms with van der Waals surface area (Å²) < 4.78 is 30.2. The van der Waals surface area contributed by atoms with E-state index in [2.05, 4.69) is 105 Å². The van der Waals surface area contributed by atoms with E-state index in [1.807, 2.05) is 75.1 Å². The van der Waals surface area contributed by atoms with Crippen molar-refractivity contribution in [2.45, 2.75) is 179 Å². The Hall–Kier alpha value is -9.99. The number of carboxylic acid groups (broad SMARTS) is 1. The topological polar surface area (TPSA) is 387 Å². The third-order valence-electron chi connectivity index (χ3n) is 19.8. The van der Waals surface area contributed by atoms with E-state index < -0.39 is 67.0 Å². The molecule has 12 rings (SSSR count). The number of nitrogens with zero attached hydrogens (tertiary/aromatic N) is 10. The van der Waals surface area contributed by atoms with Gasteiger partial charge in [0.2, 0.25) is 22.9 Å². The van der Waals surface area contributed by atoms with Gasteiger partial charge in [-0.15, -0.1) is 0 Å². The third-order valence-corrected chi connectivity index (χ3v) is 22.0. The average molecular weight is 1960 g/mol. The lowest BCUT2D eigenvalue weighted by molar-refractivity contribution is -0.563. The fourth-order valence-corrected chi connectivity index (χ4v) is 14.2. The Morgan fingerprint density at radius 2 is 1.05 bits per heavy atom. The molecule has 11 heterocycles. The van der Waals surface area contributed by atoms with E-state index in [1.165, 1.54) is 103 Å². The molecule has 2 amide bonds. The van der Waals surface area contributed by atoms with Crippen LogP contribution in [-0.4, -0.2) is 173 Å². The minimum atomic E-state index is -1.28. The summed E-state index contributed by atoms with van der Waals surface area (Å²) >= 11 is 43.0. The maximum Gasteiger partial charge on any atom is 0.337 e. The standard InChI is InChI=1S/C17H21ClN2O2.C13H17ClN2O4.C12H15ClN2O4.C12H15ClN2O.C9H8ClNO2.C8H8ClNO2.C7H6ClNO2.C7H8.C5H7BrO/c1-16(2)11-17(3,12-4-5-14(18)19-10-12)15(21)20(16)13-6-8-22-9-7-13;1-12(2,16(18)19)8-13(3,11(17)20-4)9-5-6-10(14)15-7-9;1-12(2,15(17)18)6-9(11(16)19-3)8-4-5-10(13)14-7-8;1-11(2)7-12(3,10(16)15-11)8-4-5-9(13)14-6-8;1-6(9(12)13-2)7-3-4-8(10)11-5-7;1-12-8(11)4-6-2-3-7(9)10-5-6;8-6-2-1-5(4-9-6)3-7(10)11;1-7-5-3-2-4-6-7;6-5-1-3-7-4-2-5/h4-6,10H,7-9,11H2,1-3H3;5-7H,8H2,1-4H3;4-5,7,9H,6H2,1-3H3;4-6H,7H2,1-3H3,(H,15,16);3-5H,1H2,2H3;2-3,5H,4H2,1H3;1-2,4H,3H2,(H,10,11);2-6H,1H3;1H,2-4H2. The molecular formula is C90H105BrCl7N11O18. The first kappa shape index (κ1) is 109. The van der Waals surface area contributed by atoms with E-state index >= 15 is 0 Å². The van der Waals surface area contributed by atoms with Crippen molar-refractivity contribution in [3.63, 3.8) is 0 Å². The van der Waals surface area contributed by atoms with Crippen LogP contribution in [0.5, 0.6) is 0 Å². The fraction of sp³-hybridized carbons (Fsp3) is 0.400. The molecule has 0 bridgehead atoms. The average Bonchev–Trinajstić information content (AvgIpc) is 1.58. The zero-order valence-corrected chi connectivity index (χ0v) is 80.2. The predicted octanol–water partition coefficient (Wildman–Crippen LogP) is 19.1. The normalized spacial score (nSPS) is 16.9. The Labute approximate surface area is 782 Å². The number of esters is 4. The van der Waals surface area contributed by atoms with Crippen LogP contribution < -0.4 is 5.32 Å². The zero-order valence-electron chi connectivity index (χ0n) is 73.3. The fourth-order valence-electron chi connectivity index (χ4n) is 13.2. The van der Waals surface area contributed by atoms with Crippen molar-refractivity contribution in [2.24, 2.45) is 0 Å². The van der Waals surface area contributed by atoms with E-state index in [0.717, 1.165) is 61.3 Å². The molecule has 2 fully saturated rings. The molecule has 0 radical (unpaired) electrons. The minimum absolute atomic E-state index is 0.00975. The molecule has 127 heavy (non-hydrogen) atoms. The van der Waals surface area contributed by atoms with Crippen molar-refractivity contribution in [3.05, 3.63) is 288 Å². The number of pyridine rings is 7. The number of nitro groups is 2. The highest BCUT2D eigenvalue weighted by atomic mass is 79.9. The van der Waals surface area contributed by atoms with Gasteiger partial charge in [0.1, 0.15) is 36.1 Å². The maximum absolute atomic E-state index is 13.2. The molecule has 4 aliphatic rings. The molecule has 0 saturated carbocycles. The van der Waals surface area contributed by atoms with Gasteiger partial charge in [0.25, 0.3) is 0 Å². The second-order valence-electron chi connectivity index (χ2n) is 32.0. The number of nitrogens with one attached hydrogen (secondary N) is 1. The van der Waals surface area contributed by atoms with Gasteiger partial charge in [0.05, 0.1) is 95.4 Å². The number of halogens is 8. The number of amides is 2. The number of hydrogen-bond donors (Lipinski definition) is 2. The second-order valence-corrected chi connectivity index (χ2v) is 35.8. The summed E-state index contributed by atoms with van der Waals surface area (Å²) in [6, 6.07) is 33.7. The molecule has 2 N–H and O–H groups in total. The Morgan fingerprint density at radius 3 is 1.41 bits per heavy atom. The van der Waals surface area contributed by atoms with Gasteiger partial charge in [-0.3, -0.25) is 49.0 Å². The third kappa shape index (κ3) is 35.5. The summed E-state index contributed by atoms with van der Waals surface area (Å²) in [7, 11) is 5.16. The summed E-state index contributed by atoms with van der Waals surface area (Å²) in [5, 5.41) is 36.1. The smallest absolute Gasteiger partial charge is 0.337 e. The van der Waals surface area contributed by atoms with Gasteiger partial charge in [-0.25, -0.2) is 39.7 Å². The van der Waals surface area contributed by atoms with Crippen LogP contribution in [0.15, 0.2) is 188 Å². The Bertz CT molecular complexity index is 5050. The first-order chi connectivity index (χ1) is 59.4. The summed E-state index contributed by atoms with van der Waals surface area (Å²) in [6.07, 6.45) is 18.4. The molecule has 0 spiro atoms. The largest absolute Gasteiger partial charge is 0.481 e. The van der Waals surface area contributed by atoms with Crippen molar-refractivity contribution in [1.29, 1.82) is 0 Å². The lowest BCUT2D eigenvalue weighted by Gasteiger charge is -2.34. The van der Waals surface area contributed by atoms with E-state index in [0.29, 0.717) is 66.4 Å². The van der Waals surface area contributed by atoms with Crippen LogP contribution in [0.25, 0.3) is 5.57 Å². The van der Waals surface area contributed by atoms with Crippen LogP contribution in [0.3, 0.4) is 0 Å². The number of carboxylic acids is 1. The molecule has 37 heteroatoms. The van der Waals surface area contributed by atoms with Crippen LogP contribution in [0.1, 0.15) is 165 Å². The van der Waals surface area contributed by atoms with Gasteiger partial charge in [0.15, 0.2) is 0 Å². The molecule has 8 aromatic rings. The molecule has 4 atom stereocenters. The van der Waals surface area contributed by atoms with E-state index in [4.69, 9.17) is 105 Å². The highest BCUT2D eigenvalue weighted by Gasteiger charge is 2.55. The summed E-state index contributed by atoms with van der Waals surface area (Å²) in [6.45, 7) is 28.3. The van der Waals surface area contributed by atoms with Crippen molar-refractivity contribution >= 4 is 144 Å². The van der Waals surface area contributed by atoms with Gasteiger partial charge < -0.3 is 43.7 Å². The van der Waals surface area contributed by atoms with E-state index in [1.54, 1.807) is 86.2 Å². The number of aliphatic carboxylic acids is 1. The quantitative estimate of drug-likeness (QED) is 0.0190. The molecule has 1 aromatic carbocycles. The molecule has 4 aliphatic heterocycles. The number of ether oxygens (including phenoxy) is 6. The summed E-state index contributed by atoms with van der Waals surface area (Å²) in [4.78, 5) is 132. The Morgan fingerprint density at radius 1 is 0.575 bits per heavy atom. The van der Waals surface area contributed by atoms with Crippen molar-refractivity contribution in [2.75, 3.05) is 54.9 Å². The van der Waals surface area contributed by atoms with Gasteiger partial charge in [0, 0.05) is 129 Å². The lowest BCUT2D eigenvalue weighted by Crippen LogP contribution is -2.44. The highest BCUT2D eigenvalue weighted by Crippen LogP contribution is 2.47. The van der Waals surface area contributed by atoms with Crippen molar-refractivity contribution in [1.82, 2.24) is 45.1 Å². The number of likely N-dealkylation sites (tertiary alicyclic amines) is 1. The predicted molar refractivity (Wildman–Crippen MR) is 493 cm³/mol. The number of aryl methyl sites for hydroxylation is 1. The second kappa shape index (κ2) is 51.3. The number of hydrogen-bond acceptors (Lipinski definition) is 24. The first-order valence-corrected chi connectivity index (χ1v) is 42.6. The maximum atomic E-state index is 13.2. The number of benzene rings is 1. The molecular weight excluding hydrogens is 1850 g/mol. The summed E-state index contributed by atoms with van der Waals surface area (Å²) in [5.74, 6) is -3.24.